The first kappa shape index (κ1) is 32.8. The quantitative estimate of drug-likeness (QED) is 0.146. The van der Waals surface area contributed by atoms with Crippen LogP contribution in [0.4, 0.5) is 24.5 Å². The number of hydrogen-bond donors (Lipinski definition) is 2. The van der Waals surface area contributed by atoms with Gasteiger partial charge in [-0.1, -0.05) is 12.1 Å². The summed E-state index contributed by atoms with van der Waals surface area (Å²) >= 11 is 0. The number of nitrogens with one attached hydrogen (secondary N) is 2. The summed E-state index contributed by atoms with van der Waals surface area (Å²) in [5.74, 6) is -2.03. The van der Waals surface area contributed by atoms with E-state index in [1.54, 1.807) is 37.6 Å². The Morgan fingerprint density at radius 1 is 1.12 bits per heavy atom. The van der Waals surface area contributed by atoms with Crippen molar-refractivity contribution in [2.24, 2.45) is 7.05 Å². The zero-order chi connectivity index (χ0) is 34.5. The Balaban J connectivity index is 1.37. The largest absolute Gasteiger partial charge is 0.496 e. The van der Waals surface area contributed by atoms with E-state index < -0.39 is 41.2 Å². The topological polar surface area (TPSA) is 92.9 Å². The average molecular weight is 659 g/mol. The summed E-state index contributed by atoms with van der Waals surface area (Å²) < 4.78 is 53.1. The molecule has 2 N–H and O–H groups in total. The fraction of sp³-hybridized carbons (Fsp3) is 0.306. The molecule has 0 saturated heterocycles. The van der Waals surface area contributed by atoms with Crippen LogP contribution in [0.15, 0.2) is 54.7 Å². The van der Waals surface area contributed by atoms with Crippen LogP contribution in [0.25, 0.3) is 27.7 Å². The van der Waals surface area contributed by atoms with Crippen molar-refractivity contribution < 1.29 is 27.5 Å². The number of aryl methyl sites for hydroxylation is 2. The summed E-state index contributed by atoms with van der Waals surface area (Å²) in [6, 6.07) is 9.37. The standard InChI is InChI=1S/C36H37F3N6O3/c1-20-41-32-26(44(20)5)18-28(48-6)30-23-9-8-13-45-27(17-21(33(23)45)11-14-43(4)34(30)32)35(47)22-15-24(38)31(25(39)16-22)42-29(46)10-7-12-40-36(2,3)19-37/h7-10,13,15-18,40H,11-12,14,19H2,1-6H3,(H,42,46)/b10-7+. The van der Waals surface area contributed by atoms with Crippen molar-refractivity contribution in [3.8, 4) is 16.9 Å². The van der Waals surface area contributed by atoms with Crippen LogP contribution in [0.1, 0.15) is 41.3 Å². The minimum absolute atomic E-state index is 0.180. The molecule has 0 atom stereocenters. The molecule has 0 spiro atoms. The molecule has 0 bridgehead atoms. The fourth-order valence-corrected chi connectivity index (χ4v) is 6.18. The number of carbonyl (C=O) groups is 2. The molecule has 0 radical (unpaired) electrons. The number of rotatable bonds is 9. The number of carbonyl (C=O) groups excluding carboxylic acids is 2. The Hall–Kier alpha value is -5.10. The number of hydrogen-bond acceptors (Lipinski definition) is 6. The molecule has 12 heteroatoms. The Morgan fingerprint density at radius 2 is 1.85 bits per heavy atom. The zero-order valence-corrected chi connectivity index (χ0v) is 27.7. The molecule has 5 aromatic rings. The molecule has 4 heterocycles. The lowest BCUT2D eigenvalue weighted by Crippen LogP contribution is -2.41. The summed E-state index contributed by atoms with van der Waals surface area (Å²) in [5, 5.41) is 5.09. The highest BCUT2D eigenvalue weighted by molar-refractivity contribution is 6.11. The van der Waals surface area contributed by atoms with Crippen LogP contribution >= 0.6 is 0 Å². The number of nitrogens with zero attached hydrogens (tertiary/aromatic N) is 4. The van der Waals surface area contributed by atoms with Gasteiger partial charge in [0.15, 0.2) is 0 Å². The minimum Gasteiger partial charge on any atom is -0.496 e. The highest BCUT2D eigenvalue weighted by Crippen LogP contribution is 2.47. The SMILES string of the molecule is COc1cc2c(nc(C)n2C)c2c1-c1cccn3c(C(=O)c4cc(F)c(NC(=O)/C=C/CNC(C)(C)CF)c(F)c4)cc(c13)CCN2C. The van der Waals surface area contributed by atoms with E-state index in [4.69, 9.17) is 9.72 Å². The van der Waals surface area contributed by atoms with Crippen LogP contribution in [-0.4, -0.2) is 65.1 Å². The monoisotopic (exact) mass is 658 g/mol. The highest BCUT2D eigenvalue weighted by atomic mass is 19.1. The summed E-state index contributed by atoms with van der Waals surface area (Å²) in [5.41, 5.74) is 4.64. The Bertz CT molecular complexity index is 2110. The molecule has 0 unspecified atom stereocenters. The number of likely N-dealkylation sites (N-methyl/N-ethyl adjacent to an activating group) is 1. The van der Waals surface area contributed by atoms with Gasteiger partial charge in [0.05, 0.1) is 35.1 Å². The van der Waals surface area contributed by atoms with Crippen LogP contribution in [0, 0.1) is 18.6 Å². The third-order valence-corrected chi connectivity index (χ3v) is 8.88. The highest BCUT2D eigenvalue weighted by Gasteiger charge is 2.29. The normalized spacial score (nSPS) is 13.2. The molecule has 0 saturated carbocycles. The number of alkyl halides is 1. The van der Waals surface area contributed by atoms with E-state index in [1.165, 1.54) is 6.08 Å². The lowest BCUT2D eigenvalue weighted by atomic mass is 9.96. The molecule has 2 aromatic carbocycles. The first-order valence-electron chi connectivity index (χ1n) is 15.6. The molecule has 0 aliphatic carbocycles. The van der Waals surface area contributed by atoms with Gasteiger partial charge in [0.1, 0.15) is 41.1 Å². The summed E-state index contributed by atoms with van der Waals surface area (Å²) in [6.07, 6.45) is 4.87. The number of pyridine rings is 1. The predicted molar refractivity (Wildman–Crippen MR) is 181 cm³/mol. The molecule has 1 aliphatic rings. The van der Waals surface area contributed by atoms with E-state index in [0.29, 0.717) is 18.7 Å². The average Bonchev–Trinajstić information content (AvgIpc) is 3.57. The maximum atomic E-state index is 15.2. The first-order chi connectivity index (χ1) is 22.8. The summed E-state index contributed by atoms with van der Waals surface area (Å²) in [4.78, 5) is 33.3. The number of ether oxygens (including phenoxy) is 1. The van der Waals surface area contributed by atoms with Crippen molar-refractivity contribution in [2.45, 2.75) is 32.7 Å². The van der Waals surface area contributed by atoms with E-state index in [9.17, 15) is 14.0 Å². The number of anilines is 2. The van der Waals surface area contributed by atoms with E-state index in [0.717, 1.165) is 63.0 Å². The van der Waals surface area contributed by atoms with Crippen LogP contribution in [-0.2, 0) is 18.3 Å². The molecule has 1 aliphatic heterocycles. The third kappa shape index (κ3) is 5.70. The Morgan fingerprint density at radius 3 is 2.54 bits per heavy atom. The number of methoxy groups -OCH3 is 1. The van der Waals surface area contributed by atoms with Crippen LogP contribution in [0.2, 0.25) is 0 Å². The van der Waals surface area contributed by atoms with E-state index in [2.05, 4.69) is 15.5 Å². The lowest BCUT2D eigenvalue weighted by molar-refractivity contribution is -0.112. The number of imidazole rings is 1. The lowest BCUT2D eigenvalue weighted by Gasteiger charge is -2.27. The molecule has 6 rings (SSSR count). The van der Waals surface area contributed by atoms with Gasteiger partial charge in [0, 0.05) is 62.2 Å². The van der Waals surface area contributed by atoms with Crippen LogP contribution < -0.4 is 20.3 Å². The number of benzene rings is 2. The number of halogens is 3. The predicted octanol–water partition coefficient (Wildman–Crippen LogP) is 6.14. The fourth-order valence-electron chi connectivity index (χ4n) is 6.18. The number of amides is 1. The molecule has 48 heavy (non-hydrogen) atoms. The second-order valence-electron chi connectivity index (χ2n) is 12.7. The smallest absolute Gasteiger partial charge is 0.248 e. The first-order valence-corrected chi connectivity index (χ1v) is 15.6. The van der Waals surface area contributed by atoms with Crippen molar-refractivity contribution in [3.63, 3.8) is 0 Å². The maximum absolute atomic E-state index is 15.2. The number of ketones is 1. The van der Waals surface area contributed by atoms with Gasteiger partial charge in [-0.2, -0.15) is 0 Å². The van der Waals surface area contributed by atoms with Crippen LogP contribution in [0.5, 0.6) is 5.75 Å². The van der Waals surface area contributed by atoms with Crippen molar-refractivity contribution in [1.29, 1.82) is 0 Å². The van der Waals surface area contributed by atoms with Gasteiger partial charge < -0.3 is 29.2 Å². The van der Waals surface area contributed by atoms with Crippen molar-refractivity contribution in [2.75, 3.05) is 44.1 Å². The van der Waals surface area contributed by atoms with Gasteiger partial charge in [-0.25, -0.2) is 18.2 Å². The molecule has 3 aromatic heterocycles. The van der Waals surface area contributed by atoms with Gasteiger partial charge in [-0.05, 0) is 57.0 Å². The number of fused-ring (bicyclic) bond motifs is 4. The molecule has 1 amide bonds. The molecule has 250 valence electrons. The van der Waals surface area contributed by atoms with Gasteiger partial charge in [0.2, 0.25) is 11.7 Å². The second kappa shape index (κ2) is 12.5. The van der Waals surface area contributed by atoms with E-state index in [-0.39, 0.29) is 17.8 Å². The number of aromatic nitrogens is 3. The van der Waals surface area contributed by atoms with Crippen molar-refractivity contribution in [1.82, 2.24) is 19.3 Å². The van der Waals surface area contributed by atoms with E-state index in [1.807, 2.05) is 43.8 Å². The third-order valence-electron chi connectivity index (χ3n) is 8.88. The minimum atomic E-state index is -1.09. The van der Waals surface area contributed by atoms with Crippen LogP contribution in [0.3, 0.4) is 0 Å². The van der Waals surface area contributed by atoms with Gasteiger partial charge in [-0.3, -0.25) is 9.59 Å². The van der Waals surface area contributed by atoms with E-state index >= 15 is 8.78 Å². The second-order valence-corrected chi connectivity index (χ2v) is 12.7. The zero-order valence-electron chi connectivity index (χ0n) is 27.7. The maximum Gasteiger partial charge on any atom is 0.248 e. The van der Waals surface area contributed by atoms with Crippen molar-refractivity contribution in [3.05, 3.63) is 89.0 Å². The molecule has 9 nitrogen and oxygen atoms in total. The summed E-state index contributed by atoms with van der Waals surface area (Å²) in [6.45, 7) is 5.46. The molecular formula is C36H37F3N6O3. The van der Waals surface area contributed by atoms with Crippen molar-refractivity contribution >= 4 is 39.6 Å². The molecular weight excluding hydrogens is 621 g/mol. The van der Waals surface area contributed by atoms with Gasteiger partial charge in [-0.15, -0.1) is 0 Å². The molecule has 0 fully saturated rings. The van der Waals surface area contributed by atoms with Gasteiger partial charge in [0.25, 0.3) is 0 Å². The summed E-state index contributed by atoms with van der Waals surface area (Å²) in [7, 11) is 5.58. The Kier molecular flexibility index (Phi) is 8.54. The Labute approximate surface area is 276 Å². The van der Waals surface area contributed by atoms with Gasteiger partial charge >= 0.3 is 0 Å².